The predicted molar refractivity (Wildman–Crippen MR) is 32.9 cm³/mol. The molecular formula is C7H12O2. The van der Waals surface area contributed by atoms with E-state index in [0.29, 0.717) is 0 Å². The van der Waals surface area contributed by atoms with Gasteiger partial charge in [-0.25, -0.2) is 0 Å². The van der Waals surface area contributed by atoms with E-state index in [9.17, 15) is 0 Å². The number of hydrogen-bond acceptors (Lipinski definition) is 2. The Morgan fingerprint density at radius 2 is 2.33 bits per heavy atom. The highest BCUT2D eigenvalue weighted by atomic mass is 16.7. The molecule has 0 aromatic rings. The maximum atomic E-state index is 5.31. The lowest BCUT2D eigenvalue weighted by molar-refractivity contribution is -0.114. The molecule has 52 valence electrons. The second-order valence-corrected chi connectivity index (χ2v) is 3.04. The van der Waals surface area contributed by atoms with Gasteiger partial charge in [0.2, 0.25) is 0 Å². The van der Waals surface area contributed by atoms with Gasteiger partial charge in [0.05, 0.1) is 6.61 Å². The average molecular weight is 128 g/mol. The second-order valence-electron chi connectivity index (χ2n) is 3.04. The number of methoxy groups -OCH3 is 1. The van der Waals surface area contributed by atoms with E-state index in [0.717, 1.165) is 24.4 Å². The van der Waals surface area contributed by atoms with Crippen LogP contribution in [0.5, 0.6) is 0 Å². The summed E-state index contributed by atoms with van der Waals surface area (Å²) in [5.41, 5.74) is 0. The Morgan fingerprint density at radius 1 is 1.56 bits per heavy atom. The van der Waals surface area contributed by atoms with Gasteiger partial charge in [0.25, 0.3) is 0 Å². The molecule has 1 saturated heterocycles. The van der Waals surface area contributed by atoms with Crippen LogP contribution in [0.25, 0.3) is 0 Å². The Bertz CT molecular complexity index is 124. The number of rotatable bonds is 1. The van der Waals surface area contributed by atoms with Crippen molar-refractivity contribution >= 4 is 0 Å². The second kappa shape index (κ2) is 1.70. The van der Waals surface area contributed by atoms with E-state index < -0.39 is 0 Å². The fraction of sp³-hybridized carbons (Fsp3) is 1.00. The molecule has 1 aliphatic heterocycles. The molecular weight excluding hydrogens is 116 g/mol. The molecule has 9 heavy (non-hydrogen) atoms. The van der Waals surface area contributed by atoms with Crippen LogP contribution in [-0.4, -0.2) is 20.0 Å². The lowest BCUT2D eigenvalue weighted by atomic mass is 10.3. The molecule has 2 heteroatoms. The third kappa shape index (κ3) is 0.634. The van der Waals surface area contributed by atoms with Crippen molar-refractivity contribution in [3.8, 4) is 0 Å². The van der Waals surface area contributed by atoms with E-state index in [-0.39, 0.29) is 6.29 Å². The van der Waals surface area contributed by atoms with Crippen molar-refractivity contribution in [3.63, 3.8) is 0 Å². The summed E-state index contributed by atoms with van der Waals surface area (Å²) < 4.78 is 10.4. The van der Waals surface area contributed by atoms with Gasteiger partial charge in [-0.3, -0.25) is 0 Å². The van der Waals surface area contributed by atoms with E-state index in [1.807, 2.05) is 0 Å². The molecule has 2 aliphatic rings. The quantitative estimate of drug-likeness (QED) is 0.521. The zero-order valence-corrected chi connectivity index (χ0v) is 5.83. The molecule has 0 amide bonds. The van der Waals surface area contributed by atoms with Crippen LogP contribution in [0.15, 0.2) is 0 Å². The van der Waals surface area contributed by atoms with Gasteiger partial charge < -0.3 is 9.47 Å². The monoisotopic (exact) mass is 128 g/mol. The molecule has 1 saturated carbocycles. The van der Waals surface area contributed by atoms with Crippen molar-refractivity contribution in [2.75, 3.05) is 13.7 Å². The molecule has 2 rings (SSSR count). The third-order valence-corrected chi connectivity index (χ3v) is 2.64. The topological polar surface area (TPSA) is 18.5 Å². The smallest absolute Gasteiger partial charge is 0.160 e. The van der Waals surface area contributed by atoms with Gasteiger partial charge in [0.15, 0.2) is 6.29 Å². The van der Waals surface area contributed by atoms with Crippen LogP contribution in [0.4, 0.5) is 0 Å². The maximum Gasteiger partial charge on any atom is 0.160 e. The van der Waals surface area contributed by atoms with E-state index in [1.54, 1.807) is 7.11 Å². The number of hydrogen-bond donors (Lipinski definition) is 0. The van der Waals surface area contributed by atoms with Gasteiger partial charge >= 0.3 is 0 Å². The minimum absolute atomic E-state index is 0.116. The summed E-state index contributed by atoms with van der Waals surface area (Å²) in [6.45, 7) is 3.19. The zero-order valence-electron chi connectivity index (χ0n) is 5.83. The minimum atomic E-state index is 0.116. The van der Waals surface area contributed by atoms with Crippen LogP contribution in [0.3, 0.4) is 0 Å². The van der Waals surface area contributed by atoms with Crippen molar-refractivity contribution in [2.24, 2.45) is 17.8 Å². The lowest BCUT2D eigenvalue weighted by Crippen LogP contribution is -2.14. The van der Waals surface area contributed by atoms with Crippen molar-refractivity contribution < 1.29 is 9.47 Å². The SMILES string of the molecule is CO[C@H]1OC[C@@H]2[C@H](C)[C@H]12. The molecule has 4 atom stereocenters. The zero-order chi connectivity index (χ0) is 6.43. The fourth-order valence-electron chi connectivity index (χ4n) is 1.83. The molecule has 0 unspecified atom stereocenters. The molecule has 0 radical (unpaired) electrons. The average Bonchev–Trinajstić information content (AvgIpc) is 2.41. The third-order valence-electron chi connectivity index (χ3n) is 2.64. The summed E-state index contributed by atoms with van der Waals surface area (Å²) in [7, 11) is 1.72. The largest absolute Gasteiger partial charge is 0.356 e. The summed E-state index contributed by atoms with van der Waals surface area (Å²) in [6, 6.07) is 0. The van der Waals surface area contributed by atoms with Crippen molar-refractivity contribution in [1.29, 1.82) is 0 Å². The van der Waals surface area contributed by atoms with Crippen molar-refractivity contribution in [1.82, 2.24) is 0 Å². The standard InChI is InChI=1S/C7H12O2/c1-4-5-3-9-7(8-2)6(4)5/h4-7H,3H2,1-2H3/t4-,5+,6-,7-/m0/s1. The maximum absolute atomic E-state index is 5.31. The highest BCUT2D eigenvalue weighted by Crippen LogP contribution is 2.53. The van der Waals surface area contributed by atoms with E-state index in [4.69, 9.17) is 9.47 Å². The number of ether oxygens (including phenoxy) is 2. The van der Waals surface area contributed by atoms with Gasteiger partial charge in [-0.05, 0) is 11.8 Å². The molecule has 0 N–H and O–H groups in total. The first kappa shape index (κ1) is 5.69. The summed E-state index contributed by atoms with van der Waals surface area (Å²) >= 11 is 0. The summed E-state index contributed by atoms with van der Waals surface area (Å²) in [5, 5.41) is 0. The first-order chi connectivity index (χ1) is 4.34. The van der Waals surface area contributed by atoms with E-state index >= 15 is 0 Å². The van der Waals surface area contributed by atoms with Gasteiger partial charge in [0, 0.05) is 13.0 Å². The Hall–Kier alpha value is -0.0800. The lowest BCUT2D eigenvalue weighted by Gasteiger charge is -2.10. The predicted octanol–water partition coefficient (Wildman–Crippen LogP) is 0.871. The highest BCUT2D eigenvalue weighted by molar-refractivity contribution is 4.99. The van der Waals surface area contributed by atoms with E-state index in [1.165, 1.54) is 0 Å². The Balaban J connectivity index is 1.99. The Morgan fingerprint density at radius 3 is 2.67 bits per heavy atom. The van der Waals surface area contributed by atoms with Crippen LogP contribution >= 0.6 is 0 Å². The van der Waals surface area contributed by atoms with Gasteiger partial charge in [-0.15, -0.1) is 0 Å². The van der Waals surface area contributed by atoms with Gasteiger partial charge in [-0.1, -0.05) is 6.92 Å². The first-order valence-corrected chi connectivity index (χ1v) is 3.49. The van der Waals surface area contributed by atoms with Crippen molar-refractivity contribution in [2.45, 2.75) is 13.2 Å². The van der Waals surface area contributed by atoms with E-state index in [2.05, 4.69) is 6.92 Å². The van der Waals surface area contributed by atoms with Crippen LogP contribution in [0, 0.1) is 17.8 Å². The van der Waals surface area contributed by atoms with Crippen LogP contribution in [0.1, 0.15) is 6.92 Å². The minimum Gasteiger partial charge on any atom is -0.356 e. The molecule has 0 spiro atoms. The highest BCUT2D eigenvalue weighted by Gasteiger charge is 2.56. The molecule has 0 aromatic carbocycles. The van der Waals surface area contributed by atoms with Gasteiger partial charge in [0.1, 0.15) is 0 Å². The summed E-state index contributed by atoms with van der Waals surface area (Å²) in [5.74, 6) is 2.38. The van der Waals surface area contributed by atoms with Crippen LogP contribution in [0.2, 0.25) is 0 Å². The van der Waals surface area contributed by atoms with Crippen LogP contribution in [-0.2, 0) is 9.47 Å². The molecule has 2 fully saturated rings. The fourth-order valence-corrected chi connectivity index (χ4v) is 1.83. The van der Waals surface area contributed by atoms with Crippen molar-refractivity contribution in [3.05, 3.63) is 0 Å². The Labute approximate surface area is 55.1 Å². The Kier molecular flexibility index (Phi) is 1.08. The first-order valence-electron chi connectivity index (χ1n) is 3.49. The summed E-state index contributed by atoms with van der Waals surface area (Å²) in [6.07, 6.45) is 0.116. The molecule has 1 heterocycles. The molecule has 1 aliphatic carbocycles. The number of fused-ring (bicyclic) bond motifs is 1. The van der Waals surface area contributed by atoms with Gasteiger partial charge in [-0.2, -0.15) is 0 Å². The molecule has 2 nitrogen and oxygen atoms in total. The van der Waals surface area contributed by atoms with Crippen LogP contribution < -0.4 is 0 Å². The molecule has 0 aromatic heterocycles. The molecule has 0 bridgehead atoms. The summed E-state index contributed by atoms with van der Waals surface area (Å²) in [4.78, 5) is 0. The normalized spacial score (nSPS) is 55.3.